The van der Waals surface area contributed by atoms with Crippen molar-refractivity contribution in [3.05, 3.63) is 18.3 Å². The maximum absolute atomic E-state index is 11.3. The van der Waals surface area contributed by atoms with Crippen LogP contribution in [0.25, 0.3) is 11.2 Å². The molecule has 1 amide bonds. The second kappa shape index (κ2) is 4.53. The van der Waals surface area contributed by atoms with Crippen LogP contribution < -0.4 is 10.6 Å². The molecule has 19 heavy (non-hydrogen) atoms. The molecule has 2 aromatic rings. The molecule has 3 heterocycles. The molecular formula is C13H17N5O. The molecule has 6 nitrogen and oxygen atoms in total. The van der Waals surface area contributed by atoms with E-state index in [1.165, 1.54) is 0 Å². The molecule has 2 N–H and O–H groups in total. The molecule has 0 spiro atoms. The number of fused-ring (bicyclic) bond motifs is 1. The lowest BCUT2D eigenvalue weighted by Gasteiger charge is -2.31. The number of piperidine rings is 1. The number of hydrogen-bond donors (Lipinski definition) is 1. The van der Waals surface area contributed by atoms with E-state index in [4.69, 9.17) is 5.73 Å². The molecule has 100 valence electrons. The summed E-state index contributed by atoms with van der Waals surface area (Å²) in [4.78, 5) is 22.4. The summed E-state index contributed by atoms with van der Waals surface area (Å²) >= 11 is 0. The second-order valence-corrected chi connectivity index (χ2v) is 5.00. The molecule has 1 aliphatic heterocycles. The highest BCUT2D eigenvalue weighted by Gasteiger charge is 2.26. The highest BCUT2D eigenvalue weighted by atomic mass is 16.1. The van der Waals surface area contributed by atoms with E-state index in [2.05, 4.69) is 14.9 Å². The zero-order valence-electron chi connectivity index (χ0n) is 10.9. The molecule has 1 saturated heterocycles. The van der Waals surface area contributed by atoms with Gasteiger partial charge in [0.1, 0.15) is 5.52 Å². The van der Waals surface area contributed by atoms with Crippen LogP contribution >= 0.6 is 0 Å². The number of aromatic nitrogens is 3. The van der Waals surface area contributed by atoms with Crippen LogP contribution in [0.4, 0.5) is 5.95 Å². The number of rotatable bonds is 2. The summed E-state index contributed by atoms with van der Waals surface area (Å²) in [5.41, 5.74) is 7.15. The van der Waals surface area contributed by atoms with E-state index in [-0.39, 0.29) is 11.8 Å². The molecule has 0 saturated carbocycles. The van der Waals surface area contributed by atoms with Gasteiger partial charge in [0, 0.05) is 26.3 Å². The molecule has 1 unspecified atom stereocenters. The number of nitrogens with zero attached hydrogens (tertiary/aromatic N) is 4. The summed E-state index contributed by atoms with van der Waals surface area (Å²) in [6.45, 7) is 1.55. The van der Waals surface area contributed by atoms with Gasteiger partial charge in [-0.25, -0.2) is 9.97 Å². The minimum atomic E-state index is -0.221. The SMILES string of the molecule is Cn1c(N2CCCC(C(N)=O)C2)nc2cccnc21. The van der Waals surface area contributed by atoms with E-state index in [0.717, 1.165) is 36.5 Å². The maximum Gasteiger partial charge on any atom is 0.222 e. The predicted octanol–water partition coefficient (Wildman–Crippen LogP) is 0.670. The minimum absolute atomic E-state index is 0.0819. The van der Waals surface area contributed by atoms with Crippen molar-refractivity contribution in [1.82, 2.24) is 14.5 Å². The molecule has 1 atom stereocenters. The van der Waals surface area contributed by atoms with Gasteiger partial charge in [0.05, 0.1) is 5.92 Å². The fraction of sp³-hybridized carbons (Fsp3) is 0.462. The molecular weight excluding hydrogens is 242 g/mol. The Labute approximate surface area is 111 Å². The number of anilines is 1. The molecule has 0 aliphatic carbocycles. The molecule has 1 fully saturated rings. The Morgan fingerprint density at radius 1 is 1.53 bits per heavy atom. The third-order valence-corrected chi connectivity index (χ3v) is 3.71. The predicted molar refractivity (Wildman–Crippen MR) is 72.6 cm³/mol. The van der Waals surface area contributed by atoms with Gasteiger partial charge in [-0.2, -0.15) is 0 Å². The maximum atomic E-state index is 11.3. The number of amides is 1. The zero-order valence-corrected chi connectivity index (χ0v) is 10.9. The quantitative estimate of drug-likeness (QED) is 0.860. The highest BCUT2D eigenvalue weighted by Crippen LogP contribution is 2.24. The van der Waals surface area contributed by atoms with Gasteiger partial charge in [0.15, 0.2) is 5.65 Å². The number of carbonyl (C=O) groups excluding carboxylic acids is 1. The topological polar surface area (TPSA) is 77.0 Å². The lowest BCUT2D eigenvalue weighted by atomic mass is 9.98. The average Bonchev–Trinajstić information content (AvgIpc) is 2.77. The van der Waals surface area contributed by atoms with Gasteiger partial charge >= 0.3 is 0 Å². The number of primary amides is 1. The first kappa shape index (κ1) is 12.0. The van der Waals surface area contributed by atoms with Crippen LogP contribution in [0.15, 0.2) is 18.3 Å². The van der Waals surface area contributed by atoms with Crippen molar-refractivity contribution in [2.24, 2.45) is 18.7 Å². The number of pyridine rings is 1. The van der Waals surface area contributed by atoms with E-state index < -0.39 is 0 Å². The zero-order chi connectivity index (χ0) is 13.4. The van der Waals surface area contributed by atoms with Crippen molar-refractivity contribution in [2.75, 3.05) is 18.0 Å². The van der Waals surface area contributed by atoms with Crippen LogP contribution in [-0.4, -0.2) is 33.5 Å². The molecule has 2 aromatic heterocycles. The second-order valence-electron chi connectivity index (χ2n) is 5.00. The molecule has 6 heteroatoms. The van der Waals surface area contributed by atoms with Crippen molar-refractivity contribution in [2.45, 2.75) is 12.8 Å². The first-order valence-corrected chi connectivity index (χ1v) is 6.48. The fourth-order valence-electron chi connectivity index (χ4n) is 2.69. The first-order valence-electron chi connectivity index (χ1n) is 6.48. The largest absolute Gasteiger partial charge is 0.369 e. The molecule has 0 bridgehead atoms. The normalized spacial score (nSPS) is 19.8. The summed E-state index contributed by atoms with van der Waals surface area (Å²) in [6.07, 6.45) is 3.59. The van der Waals surface area contributed by atoms with Gasteiger partial charge in [0.25, 0.3) is 0 Å². The summed E-state index contributed by atoms with van der Waals surface area (Å²) < 4.78 is 1.97. The Kier molecular flexibility index (Phi) is 2.85. The fourth-order valence-corrected chi connectivity index (χ4v) is 2.69. The van der Waals surface area contributed by atoms with Crippen LogP contribution in [-0.2, 0) is 11.8 Å². The average molecular weight is 259 g/mol. The summed E-state index contributed by atoms with van der Waals surface area (Å²) in [5.74, 6) is 0.558. The van der Waals surface area contributed by atoms with Crippen molar-refractivity contribution in [3.63, 3.8) is 0 Å². The first-order chi connectivity index (χ1) is 9.16. The smallest absolute Gasteiger partial charge is 0.222 e. The van der Waals surface area contributed by atoms with E-state index in [1.54, 1.807) is 6.20 Å². The third kappa shape index (κ3) is 2.03. The molecule has 1 aliphatic rings. The van der Waals surface area contributed by atoms with Gasteiger partial charge in [-0.15, -0.1) is 0 Å². The van der Waals surface area contributed by atoms with Gasteiger partial charge in [-0.05, 0) is 25.0 Å². The number of hydrogen-bond acceptors (Lipinski definition) is 4. The number of nitrogens with two attached hydrogens (primary N) is 1. The van der Waals surface area contributed by atoms with Crippen molar-refractivity contribution in [1.29, 1.82) is 0 Å². The van der Waals surface area contributed by atoms with Crippen molar-refractivity contribution in [3.8, 4) is 0 Å². The Balaban J connectivity index is 1.95. The lowest BCUT2D eigenvalue weighted by Crippen LogP contribution is -2.42. The molecule has 0 aromatic carbocycles. The monoisotopic (exact) mass is 259 g/mol. The summed E-state index contributed by atoms with van der Waals surface area (Å²) in [6, 6.07) is 3.82. The van der Waals surface area contributed by atoms with E-state index >= 15 is 0 Å². The summed E-state index contributed by atoms with van der Waals surface area (Å²) in [5, 5.41) is 0. The Bertz CT molecular complexity index is 621. The van der Waals surface area contributed by atoms with E-state index in [1.807, 2.05) is 23.7 Å². The highest BCUT2D eigenvalue weighted by molar-refractivity contribution is 5.78. The Morgan fingerprint density at radius 3 is 3.11 bits per heavy atom. The Hall–Kier alpha value is -2.11. The van der Waals surface area contributed by atoms with Crippen LogP contribution in [0.2, 0.25) is 0 Å². The van der Waals surface area contributed by atoms with Gasteiger partial charge in [0.2, 0.25) is 11.9 Å². The van der Waals surface area contributed by atoms with Crippen LogP contribution in [0.3, 0.4) is 0 Å². The van der Waals surface area contributed by atoms with E-state index in [0.29, 0.717) is 6.54 Å². The van der Waals surface area contributed by atoms with Crippen molar-refractivity contribution < 1.29 is 4.79 Å². The lowest BCUT2D eigenvalue weighted by molar-refractivity contribution is -0.122. The number of aryl methyl sites for hydroxylation is 1. The van der Waals surface area contributed by atoms with E-state index in [9.17, 15) is 4.79 Å². The number of carbonyl (C=O) groups is 1. The van der Waals surface area contributed by atoms with Crippen LogP contribution in [0, 0.1) is 5.92 Å². The van der Waals surface area contributed by atoms with Crippen LogP contribution in [0.1, 0.15) is 12.8 Å². The Morgan fingerprint density at radius 2 is 2.37 bits per heavy atom. The van der Waals surface area contributed by atoms with Crippen molar-refractivity contribution >= 4 is 23.0 Å². The van der Waals surface area contributed by atoms with Crippen LogP contribution in [0.5, 0.6) is 0 Å². The van der Waals surface area contributed by atoms with Gasteiger partial charge in [-0.3, -0.25) is 9.36 Å². The third-order valence-electron chi connectivity index (χ3n) is 3.71. The minimum Gasteiger partial charge on any atom is -0.369 e. The standard InChI is InChI=1S/C13H17N5O/c1-17-12-10(5-2-6-15-12)16-13(17)18-7-3-4-9(8-18)11(14)19/h2,5-6,9H,3-4,7-8H2,1H3,(H2,14,19). The van der Waals surface area contributed by atoms with Gasteiger partial charge < -0.3 is 10.6 Å². The van der Waals surface area contributed by atoms with Gasteiger partial charge in [-0.1, -0.05) is 0 Å². The number of imidazole rings is 1. The summed E-state index contributed by atoms with van der Waals surface area (Å²) in [7, 11) is 1.95. The molecule has 3 rings (SSSR count). The molecule has 0 radical (unpaired) electrons.